The van der Waals surface area contributed by atoms with Gasteiger partial charge in [0.05, 0.1) is 37.7 Å². The first-order chi connectivity index (χ1) is 14.5. The minimum absolute atomic E-state index is 0.278. The first kappa shape index (κ1) is 20.4. The van der Waals surface area contributed by atoms with Gasteiger partial charge < -0.3 is 14.4 Å². The van der Waals surface area contributed by atoms with Crippen molar-refractivity contribution < 1.29 is 9.47 Å². The van der Waals surface area contributed by atoms with E-state index in [-0.39, 0.29) is 6.04 Å². The van der Waals surface area contributed by atoms with Crippen molar-refractivity contribution in [3.8, 4) is 22.8 Å². The van der Waals surface area contributed by atoms with Crippen molar-refractivity contribution in [2.24, 2.45) is 0 Å². The highest BCUT2D eigenvalue weighted by atomic mass is 16.5. The van der Waals surface area contributed by atoms with Crippen molar-refractivity contribution >= 4 is 16.9 Å². The summed E-state index contributed by atoms with van der Waals surface area (Å²) in [7, 11) is 5.30. The Morgan fingerprint density at radius 2 is 1.73 bits per heavy atom. The summed E-state index contributed by atoms with van der Waals surface area (Å²) < 4.78 is 13.2. The number of hydrogen-bond acceptors (Lipinski definition) is 6. The first-order valence-electron chi connectivity index (χ1n) is 10.7. The van der Waals surface area contributed by atoms with E-state index >= 15 is 0 Å². The van der Waals surface area contributed by atoms with E-state index in [4.69, 9.17) is 24.5 Å². The maximum Gasteiger partial charge on any atom is 0.226 e. The molecule has 0 amide bonds. The Labute approximate surface area is 178 Å². The number of nitrogens with zero attached hydrogens (tertiary/aromatic N) is 5. The second kappa shape index (κ2) is 8.50. The normalized spacial score (nSPS) is 15.0. The molecule has 0 radical (unpaired) electrons. The van der Waals surface area contributed by atoms with Crippen LogP contribution >= 0.6 is 0 Å². The summed E-state index contributed by atoms with van der Waals surface area (Å²) in [6, 6.07) is 4.64. The molecule has 1 aliphatic carbocycles. The molecule has 0 N–H and O–H groups in total. The van der Waals surface area contributed by atoms with E-state index in [2.05, 4.69) is 29.6 Å². The monoisotopic (exact) mass is 409 g/mol. The molecule has 1 aliphatic rings. The first-order valence-corrected chi connectivity index (χ1v) is 10.7. The van der Waals surface area contributed by atoms with Crippen LogP contribution in [-0.4, -0.2) is 47.1 Å². The molecule has 7 nitrogen and oxygen atoms in total. The highest BCUT2D eigenvalue weighted by Gasteiger charge is 2.20. The second-order valence-electron chi connectivity index (χ2n) is 8.30. The SMILES string of the molecule is COc1cc2nc(N(C)C(C)C)nc(-c3cnn(C4CCCCC4)c3)c2cc1OC. The fraction of sp³-hybridized carbons (Fsp3) is 0.522. The Kier molecular flexibility index (Phi) is 5.79. The number of fused-ring (bicyclic) bond motifs is 1. The summed E-state index contributed by atoms with van der Waals surface area (Å²) in [4.78, 5) is 11.8. The average Bonchev–Trinajstić information content (AvgIpc) is 3.27. The van der Waals surface area contributed by atoms with Gasteiger partial charge in [-0.2, -0.15) is 5.10 Å². The Bertz CT molecular complexity index is 1020. The molecule has 160 valence electrons. The molecule has 2 heterocycles. The van der Waals surface area contributed by atoms with Gasteiger partial charge in [-0.25, -0.2) is 9.97 Å². The minimum Gasteiger partial charge on any atom is -0.493 e. The Morgan fingerprint density at radius 3 is 2.40 bits per heavy atom. The van der Waals surface area contributed by atoms with Crippen LogP contribution < -0.4 is 14.4 Å². The number of methoxy groups -OCH3 is 2. The van der Waals surface area contributed by atoms with Crippen molar-refractivity contribution in [1.82, 2.24) is 19.7 Å². The summed E-state index contributed by atoms with van der Waals surface area (Å²) in [5, 5.41) is 5.62. The van der Waals surface area contributed by atoms with Crippen LogP contribution in [0.5, 0.6) is 11.5 Å². The third kappa shape index (κ3) is 3.80. The van der Waals surface area contributed by atoms with Crippen LogP contribution in [0.3, 0.4) is 0 Å². The zero-order chi connectivity index (χ0) is 21.3. The lowest BCUT2D eigenvalue weighted by Crippen LogP contribution is -2.27. The van der Waals surface area contributed by atoms with E-state index in [1.807, 2.05) is 25.4 Å². The fourth-order valence-corrected chi connectivity index (χ4v) is 4.06. The summed E-state index contributed by atoms with van der Waals surface area (Å²) >= 11 is 0. The Hall–Kier alpha value is -2.83. The number of benzene rings is 1. The molecule has 0 unspecified atom stereocenters. The fourth-order valence-electron chi connectivity index (χ4n) is 4.06. The second-order valence-corrected chi connectivity index (χ2v) is 8.30. The smallest absolute Gasteiger partial charge is 0.226 e. The summed E-state index contributed by atoms with van der Waals surface area (Å²) in [6.07, 6.45) is 10.3. The van der Waals surface area contributed by atoms with Crippen molar-refractivity contribution in [2.75, 3.05) is 26.2 Å². The number of hydrogen-bond donors (Lipinski definition) is 0. The summed E-state index contributed by atoms with van der Waals surface area (Å²) in [6.45, 7) is 4.26. The number of aromatic nitrogens is 4. The molecule has 4 rings (SSSR count). The minimum atomic E-state index is 0.278. The standard InChI is InChI=1S/C23H31N5O2/c1-15(2)27(3)23-25-19-12-21(30-5)20(29-4)11-18(19)22(26-23)16-13-24-28(14-16)17-9-7-6-8-10-17/h11-15,17H,6-10H2,1-5H3. The molecule has 1 fully saturated rings. The highest BCUT2D eigenvalue weighted by Crippen LogP contribution is 2.37. The van der Waals surface area contributed by atoms with Gasteiger partial charge in [0.2, 0.25) is 5.95 Å². The molecule has 1 saturated carbocycles. The highest BCUT2D eigenvalue weighted by molar-refractivity contribution is 5.95. The van der Waals surface area contributed by atoms with Gasteiger partial charge in [-0.05, 0) is 32.8 Å². The molecule has 0 atom stereocenters. The predicted octanol–water partition coefficient (Wildman–Crippen LogP) is 4.86. The van der Waals surface area contributed by atoms with E-state index in [0.29, 0.717) is 23.5 Å². The molecule has 0 bridgehead atoms. The molecule has 1 aromatic carbocycles. The zero-order valence-corrected chi connectivity index (χ0v) is 18.6. The third-order valence-electron chi connectivity index (χ3n) is 6.10. The van der Waals surface area contributed by atoms with Gasteiger partial charge in [0.15, 0.2) is 11.5 Å². The largest absolute Gasteiger partial charge is 0.493 e. The number of ether oxygens (including phenoxy) is 2. The summed E-state index contributed by atoms with van der Waals surface area (Å²) in [5.74, 6) is 2.01. The number of anilines is 1. The van der Waals surface area contributed by atoms with Crippen LogP contribution in [0.25, 0.3) is 22.2 Å². The van der Waals surface area contributed by atoms with Gasteiger partial charge in [0, 0.05) is 36.3 Å². The molecule has 30 heavy (non-hydrogen) atoms. The Balaban J connectivity index is 1.87. The van der Waals surface area contributed by atoms with Gasteiger partial charge in [-0.1, -0.05) is 19.3 Å². The molecule has 0 aliphatic heterocycles. The molecule has 0 spiro atoms. The quantitative estimate of drug-likeness (QED) is 0.579. The maximum atomic E-state index is 5.54. The van der Waals surface area contributed by atoms with E-state index in [1.165, 1.54) is 32.1 Å². The molecular formula is C23H31N5O2. The van der Waals surface area contributed by atoms with Crippen molar-refractivity contribution in [1.29, 1.82) is 0 Å². The van der Waals surface area contributed by atoms with Crippen LogP contribution in [0.4, 0.5) is 5.95 Å². The van der Waals surface area contributed by atoms with E-state index < -0.39 is 0 Å². The zero-order valence-electron chi connectivity index (χ0n) is 18.6. The van der Waals surface area contributed by atoms with Crippen LogP contribution in [0.2, 0.25) is 0 Å². The Morgan fingerprint density at radius 1 is 1.03 bits per heavy atom. The maximum absolute atomic E-state index is 5.54. The molecule has 7 heteroatoms. The van der Waals surface area contributed by atoms with Gasteiger partial charge in [0.25, 0.3) is 0 Å². The van der Waals surface area contributed by atoms with Gasteiger partial charge in [-0.3, -0.25) is 4.68 Å². The van der Waals surface area contributed by atoms with E-state index in [0.717, 1.165) is 22.2 Å². The average molecular weight is 410 g/mol. The molecular weight excluding hydrogens is 378 g/mol. The van der Waals surface area contributed by atoms with E-state index in [9.17, 15) is 0 Å². The lowest BCUT2D eigenvalue weighted by Gasteiger charge is -2.23. The van der Waals surface area contributed by atoms with Crippen LogP contribution in [-0.2, 0) is 0 Å². The third-order valence-corrected chi connectivity index (χ3v) is 6.10. The van der Waals surface area contributed by atoms with E-state index in [1.54, 1.807) is 14.2 Å². The molecule has 3 aromatic rings. The van der Waals surface area contributed by atoms with Crippen molar-refractivity contribution in [2.45, 2.75) is 58.0 Å². The van der Waals surface area contributed by atoms with Gasteiger partial charge in [-0.15, -0.1) is 0 Å². The van der Waals surface area contributed by atoms with Gasteiger partial charge >= 0.3 is 0 Å². The lowest BCUT2D eigenvalue weighted by atomic mass is 9.96. The van der Waals surface area contributed by atoms with Crippen LogP contribution in [0, 0.1) is 0 Å². The predicted molar refractivity (Wildman–Crippen MR) is 120 cm³/mol. The molecule has 0 saturated heterocycles. The topological polar surface area (TPSA) is 65.3 Å². The summed E-state index contributed by atoms with van der Waals surface area (Å²) in [5.41, 5.74) is 2.69. The molecule has 2 aromatic heterocycles. The lowest BCUT2D eigenvalue weighted by molar-refractivity contribution is 0.329. The number of rotatable bonds is 6. The van der Waals surface area contributed by atoms with Crippen LogP contribution in [0.1, 0.15) is 52.0 Å². The van der Waals surface area contributed by atoms with Gasteiger partial charge in [0.1, 0.15) is 0 Å². The van der Waals surface area contributed by atoms with Crippen molar-refractivity contribution in [3.63, 3.8) is 0 Å². The van der Waals surface area contributed by atoms with Crippen LogP contribution in [0.15, 0.2) is 24.5 Å². The van der Waals surface area contributed by atoms with Crippen molar-refractivity contribution in [3.05, 3.63) is 24.5 Å².